The van der Waals surface area contributed by atoms with Gasteiger partial charge in [0.05, 0.1) is 11.4 Å². The molecule has 232 valence electrons. The van der Waals surface area contributed by atoms with Crippen LogP contribution in [0.5, 0.6) is 5.75 Å². The number of hydrogen-bond donors (Lipinski definition) is 1. The molecule has 12 heteroatoms. The molecule has 0 radical (unpaired) electrons. The van der Waals surface area contributed by atoms with Crippen LogP contribution in [0.2, 0.25) is 0 Å². The first kappa shape index (κ1) is 30.3. The van der Waals surface area contributed by atoms with Gasteiger partial charge >= 0.3 is 12.4 Å². The van der Waals surface area contributed by atoms with E-state index in [2.05, 4.69) is 44.2 Å². The minimum atomic E-state index is -4.75. The first-order valence-electron chi connectivity index (χ1n) is 14.7. The van der Waals surface area contributed by atoms with E-state index in [0.29, 0.717) is 16.3 Å². The van der Waals surface area contributed by atoms with Gasteiger partial charge in [-0.3, -0.25) is 4.57 Å². The fourth-order valence-corrected chi connectivity index (χ4v) is 6.67. The highest BCUT2D eigenvalue weighted by atomic mass is 32.1. The number of thiazole rings is 1. The molecular weight excluding hydrogens is 601 g/mol. The summed E-state index contributed by atoms with van der Waals surface area (Å²) < 4.78 is 44.8. The van der Waals surface area contributed by atoms with Crippen molar-refractivity contribution in [2.45, 2.75) is 57.9 Å². The third-order valence-corrected chi connectivity index (χ3v) is 8.88. The summed E-state index contributed by atoms with van der Waals surface area (Å²) in [4.78, 5) is 22.7. The Bertz CT molecular complexity index is 1860. The van der Waals surface area contributed by atoms with Gasteiger partial charge in [-0.1, -0.05) is 55.8 Å². The molecule has 0 aliphatic heterocycles. The van der Waals surface area contributed by atoms with Crippen molar-refractivity contribution in [2.75, 3.05) is 0 Å². The van der Waals surface area contributed by atoms with Crippen LogP contribution in [0.15, 0.2) is 89.5 Å². The largest absolute Gasteiger partial charge is 0.573 e. The Morgan fingerprint density at radius 2 is 1.82 bits per heavy atom. The van der Waals surface area contributed by atoms with Crippen LogP contribution >= 0.6 is 11.3 Å². The standard InChI is InChI=1S/C33H31F3N6O2S/c1-3-22-7-4-5-10-29(22)42-21(2)19-45-32(42)39-31(43)38-28-9-6-8-27(28)23-11-13-24(14-12-23)30-37-20-41(40-30)25-15-17-26(18-16-25)44-33(34,35)36/h4-5,7,10-20,27-28H,3,6,8-9H2,1-2H3,(H,38,43). The number of carbonyl (C=O) groups is 1. The van der Waals surface area contributed by atoms with Gasteiger partial charge in [0.25, 0.3) is 0 Å². The molecule has 3 aromatic carbocycles. The zero-order valence-corrected chi connectivity index (χ0v) is 25.5. The average Bonchev–Trinajstić information content (AvgIpc) is 3.78. The molecule has 1 saturated carbocycles. The molecule has 1 N–H and O–H groups in total. The molecule has 2 amide bonds. The number of carbonyl (C=O) groups excluding carboxylic acids is 1. The molecule has 45 heavy (non-hydrogen) atoms. The predicted molar refractivity (Wildman–Crippen MR) is 166 cm³/mol. The van der Waals surface area contributed by atoms with E-state index in [4.69, 9.17) is 0 Å². The maximum absolute atomic E-state index is 13.2. The summed E-state index contributed by atoms with van der Waals surface area (Å²) in [5.74, 6) is 0.329. The van der Waals surface area contributed by atoms with Gasteiger partial charge < -0.3 is 10.1 Å². The highest BCUT2D eigenvalue weighted by Crippen LogP contribution is 2.35. The van der Waals surface area contributed by atoms with E-state index >= 15 is 0 Å². The van der Waals surface area contributed by atoms with Crippen molar-refractivity contribution in [1.82, 2.24) is 24.6 Å². The van der Waals surface area contributed by atoms with Crippen LogP contribution in [-0.2, 0) is 6.42 Å². The lowest BCUT2D eigenvalue weighted by Gasteiger charge is -2.20. The quantitative estimate of drug-likeness (QED) is 0.201. The number of halogens is 3. The summed E-state index contributed by atoms with van der Waals surface area (Å²) in [5.41, 5.74) is 5.72. The Balaban J connectivity index is 1.14. The van der Waals surface area contributed by atoms with Crippen LogP contribution in [0.1, 0.15) is 48.9 Å². The van der Waals surface area contributed by atoms with Crippen LogP contribution in [0.3, 0.4) is 0 Å². The molecular formula is C33H31F3N6O2S. The first-order valence-corrected chi connectivity index (χ1v) is 15.6. The van der Waals surface area contributed by atoms with Gasteiger partial charge in [-0.05, 0) is 67.6 Å². The molecule has 2 aromatic heterocycles. The van der Waals surface area contributed by atoms with Crippen molar-refractivity contribution in [3.05, 3.63) is 106 Å². The molecule has 0 saturated heterocycles. The summed E-state index contributed by atoms with van der Waals surface area (Å²) in [6, 6.07) is 21.2. The minimum Gasteiger partial charge on any atom is -0.406 e. The number of ether oxygens (including phenoxy) is 1. The number of rotatable bonds is 7. The zero-order valence-electron chi connectivity index (χ0n) is 24.7. The molecule has 2 atom stereocenters. The molecule has 2 unspecified atom stereocenters. The predicted octanol–water partition coefficient (Wildman–Crippen LogP) is 7.50. The third-order valence-electron chi connectivity index (χ3n) is 7.94. The first-order chi connectivity index (χ1) is 21.7. The van der Waals surface area contributed by atoms with Crippen LogP contribution in [0.25, 0.3) is 22.8 Å². The maximum Gasteiger partial charge on any atom is 0.573 e. The molecule has 6 rings (SSSR count). The molecule has 8 nitrogen and oxygen atoms in total. The summed E-state index contributed by atoms with van der Waals surface area (Å²) >= 11 is 1.45. The van der Waals surface area contributed by atoms with Crippen molar-refractivity contribution in [2.24, 2.45) is 4.99 Å². The van der Waals surface area contributed by atoms with E-state index in [0.717, 1.165) is 48.2 Å². The van der Waals surface area contributed by atoms with E-state index in [9.17, 15) is 18.0 Å². The second kappa shape index (κ2) is 12.7. The number of urea groups is 1. The molecule has 1 fully saturated rings. The Kier molecular flexibility index (Phi) is 8.57. The fourth-order valence-electron chi connectivity index (χ4n) is 5.80. The summed E-state index contributed by atoms with van der Waals surface area (Å²) in [6.45, 7) is 4.13. The number of amides is 2. The van der Waals surface area contributed by atoms with Crippen molar-refractivity contribution in [3.8, 4) is 28.5 Å². The van der Waals surface area contributed by atoms with Crippen molar-refractivity contribution >= 4 is 17.4 Å². The number of nitrogens with zero attached hydrogens (tertiary/aromatic N) is 5. The van der Waals surface area contributed by atoms with Crippen molar-refractivity contribution in [3.63, 3.8) is 0 Å². The SMILES string of the molecule is CCc1ccccc1-n1c(C)csc1=NC(=O)NC1CCCC1c1ccc(-c2ncn(-c3ccc(OC(F)(F)F)cc3)n2)cc1. The lowest BCUT2D eigenvalue weighted by atomic mass is 9.93. The monoisotopic (exact) mass is 632 g/mol. The van der Waals surface area contributed by atoms with Gasteiger partial charge in [0.15, 0.2) is 10.6 Å². The Labute approximate surface area is 261 Å². The number of nitrogens with one attached hydrogen (secondary N) is 1. The van der Waals surface area contributed by atoms with Gasteiger partial charge in [0.2, 0.25) is 0 Å². The molecule has 5 aromatic rings. The summed E-state index contributed by atoms with van der Waals surface area (Å²) in [6.07, 6.45) is 0.457. The van der Waals surface area contributed by atoms with Crippen molar-refractivity contribution in [1.29, 1.82) is 0 Å². The smallest absolute Gasteiger partial charge is 0.406 e. The molecule has 0 bridgehead atoms. The van der Waals surface area contributed by atoms with Crippen LogP contribution < -0.4 is 14.9 Å². The van der Waals surface area contributed by atoms with Gasteiger partial charge in [-0.15, -0.1) is 29.6 Å². The molecule has 1 aliphatic carbocycles. The van der Waals surface area contributed by atoms with Crippen molar-refractivity contribution < 1.29 is 22.7 Å². The van der Waals surface area contributed by atoms with E-state index in [-0.39, 0.29) is 23.7 Å². The van der Waals surface area contributed by atoms with Gasteiger partial charge in [-0.25, -0.2) is 14.5 Å². The van der Waals surface area contributed by atoms with E-state index in [1.54, 1.807) is 0 Å². The second-order valence-corrected chi connectivity index (χ2v) is 11.7. The highest BCUT2D eigenvalue weighted by Gasteiger charge is 2.31. The summed E-state index contributed by atoms with van der Waals surface area (Å²) in [7, 11) is 0. The number of para-hydroxylation sites is 1. The van der Waals surface area contributed by atoms with Gasteiger partial charge in [0.1, 0.15) is 12.1 Å². The zero-order chi connectivity index (χ0) is 31.6. The summed E-state index contributed by atoms with van der Waals surface area (Å²) in [5, 5.41) is 9.67. The Morgan fingerprint density at radius 1 is 1.07 bits per heavy atom. The maximum atomic E-state index is 13.2. The number of aromatic nitrogens is 4. The van der Waals surface area contributed by atoms with Gasteiger partial charge in [0, 0.05) is 28.6 Å². The van der Waals surface area contributed by atoms with Crippen LogP contribution in [0, 0.1) is 6.92 Å². The fraction of sp³-hybridized carbons (Fsp3) is 0.273. The van der Waals surface area contributed by atoms with Crippen LogP contribution in [-0.4, -0.2) is 37.8 Å². The lowest BCUT2D eigenvalue weighted by molar-refractivity contribution is -0.274. The topological polar surface area (TPSA) is 86.3 Å². The Hall–Kier alpha value is -4.71. The third kappa shape index (κ3) is 6.85. The molecule has 1 aliphatic rings. The molecule has 2 heterocycles. The van der Waals surface area contributed by atoms with E-state index in [1.807, 2.05) is 53.3 Å². The highest BCUT2D eigenvalue weighted by molar-refractivity contribution is 7.07. The number of aryl methyl sites for hydroxylation is 2. The lowest BCUT2D eigenvalue weighted by Crippen LogP contribution is -2.36. The average molecular weight is 633 g/mol. The normalized spacial score (nSPS) is 17.0. The minimum absolute atomic E-state index is 0.0360. The second-order valence-electron chi connectivity index (χ2n) is 10.9. The number of benzene rings is 3. The van der Waals surface area contributed by atoms with Gasteiger partial charge in [-0.2, -0.15) is 4.99 Å². The Morgan fingerprint density at radius 3 is 2.56 bits per heavy atom. The van der Waals surface area contributed by atoms with E-state index in [1.165, 1.54) is 52.2 Å². The molecule has 0 spiro atoms. The number of alkyl halides is 3. The van der Waals surface area contributed by atoms with Crippen LogP contribution in [0.4, 0.5) is 18.0 Å². The number of hydrogen-bond acceptors (Lipinski definition) is 5. The van der Waals surface area contributed by atoms with E-state index < -0.39 is 6.36 Å².